The van der Waals surface area contributed by atoms with Crippen LogP contribution in [0.1, 0.15) is 48.0 Å². The van der Waals surface area contributed by atoms with Gasteiger partial charge in [0.1, 0.15) is 11.1 Å². The van der Waals surface area contributed by atoms with Crippen LogP contribution in [-0.2, 0) is 16.0 Å². The van der Waals surface area contributed by atoms with Crippen molar-refractivity contribution in [2.45, 2.75) is 65.6 Å². The van der Waals surface area contributed by atoms with Crippen molar-refractivity contribution in [2.24, 2.45) is 0 Å². The molecule has 0 bridgehead atoms. The molecule has 8 nitrogen and oxygen atoms in total. The summed E-state index contributed by atoms with van der Waals surface area (Å²) in [6.07, 6.45) is 1.14. The Kier molecular flexibility index (Phi) is 6.53. The number of nitrogens with zero attached hydrogens (tertiary/aromatic N) is 2. The Bertz CT molecular complexity index is 836. The Labute approximate surface area is 165 Å². The summed E-state index contributed by atoms with van der Waals surface area (Å²) in [6, 6.07) is 5.36. The Hall–Kier alpha value is -2.77. The van der Waals surface area contributed by atoms with Crippen LogP contribution >= 0.6 is 0 Å². The van der Waals surface area contributed by atoms with Crippen molar-refractivity contribution in [2.75, 3.05) is 6.61 Å². The highest BCUT2D eigenvalue weighted by Gasteiger charge is 2.24. The zero-order valence-electron chi connectivity index (χ0n) is 17.4. The molecule has 0 saturated carbocycles. The van der Waals surface area contributed by atoms with Crippen molar-refractivity contribution in [1.82, 2.24) is 14.9 Å². The third-order valence-electron chi connectivity index (χ3n) is 3.89. The van der Waals surface area contributed by atoms with Crippen LogP contribution in [-0.4, -0.2) is 39.5 Å². The highest BCUT2D eigenvalue weighted by molar-refractivity contribution is 5.84. The number of benzene rings is 1. The van der Waals surface area contributed by atoms with Gasteiger partial charge in [0.25, 0.3) is 0 Å². The van der Waals surface area contributed by atoms with Crippen molar-refractivity contribution >= 4 is 23.3 Å². The number of amides is 1. The van der Waals surface area contributed by atoms with E-state index in [9.17, 15) is 9.59 Å². The molecule has 0 radical (unpaired) electrons. The standard InChI is InChI=1S/C20H29N3O5/c1-7-26-18(25)27-15-10-8-9-14-16(15)21-13-23(14)12-11-20(5,6)22-17(24)28-19(2,3)4/h8-10,13H,7,11-12H2,1-6H3,(H,22,24). The highest BCUT2D eigenvalue weighted by atomic mass is 16.7. The number of hydrogen-bond acceptors (Lipinski definition) is 6. The van der Waals surface area contributed by atoms with Gasteiger partial charge in [0.05, 0.1) is 18.5 Å². The molecule has 28 heavy (non-hydrogen) atoms. The molecular formula is C20H29N3O5. The average Bonchev–Trinajstić information content (AvgIpc) is 2.95. The van der Waals surface area contributed by atoms with E-state index in [0.717, 1.165) is 5.52 Å². The topological polar surface area (TPSA) is 91.7 Å². The van der Waals surface area contributed by atoms with Gasteiger partial charge in [0.15, 0.2) is 5.75 Å². The number of hydrogen-bond donors (Lipinski definition) is 1. The molecule has 2 rings (SSSR count). The summed E-state index contributed by atoms with van der Waals surface area (Å²) in [4.78, 5) is 28.0. The number of para-hydroxylation sites is 1. The predicted octanol–water partition coefficient (Wildman–Crippen LogP) is 4.27. The molecule has 0 saturated heterocycles. The molecule has 0 spiro atoms. The first-order chi connectivity index (χ1) is 13.0. The summed E-state index contributed by atoms with van der Waals surface area (Å²) in [7, 11) is 0. The van der Waals surface area contributed by atoms with Crippen molar-refractivity contribution in [1.29, 1.82) is 0 Å². The zero-order valence-corrected chi connectivity index (χ0v) is 17.4. The lowest BCUT2D eigenvalue weighted by Gasteiger charge is -2.28. The number of carbonyl (C=O) groups excluding carboxylic acids is 2. The average molecular weight is 391 g/mol. The van der Waals surface area contributed by atoms with Crippen LogP contribution in [0.15, 0.2) is 24.5 Å². The lowest BCUT2D eigenvalue weighted by molar-refractivity contribution is 0.0466. The second kappa shape index (κ2) is 8.50. The minimum atomic E-state index is -0.757. The number of alkyl carbamates (subject to hydrolysis) is 1. The van der Waals surface area contributed by atoms with E-state index < -0.39 is 23.4 Å². The number of fused-ring (bicyclic) bond motifs is 1. The molecule has 1 N–H and O–H groups in total. The van der Waals surface area contributed by atoms with Crippen molar-refractivity contribution in [3.63, 3.8) is 0 Å². The van der Waals surface area contributed by atoms with Gasteiger partial charge < -0.3 is 24.1 Å². The fraction of sp³-hybridized carbons (Fsp3) is 0.550. The quantitative estimate of drug-likeness (QED) is 0.584. The van der Waals surface area contributed by atoms with Crippen LogP contribution in [0.3, 0.4) is 0 Å². The van der Waals surface area contributed by atoms with Gasteiger partial charge in [-0.1, -0.05) is 6.07 Å². The van der Waals surface area contributed by atoms with Crippen LogP contribution < -0.4 is 10.1 Å². The summed E-state index contributed by atoms with van der Waals surface area (Å²) in [5.41, 5.74) is 0.386. The van der Waals surface area contributed by atoms with Gasteiger partial charge in [-0.3, -0.25) is 0 Å². The van der Waals surface area contributed by atoms with E-state index in [1.807, 2.05) is 45.3 Å². The van der Waals surface area contributed by atoms with E-state index in [-0.39, 0.29) is 6.61 Å². The van der Waals surface area contributed by atoms with Crippen LogP contribution in [0.5, 0.6) is 5.75 Å². The van der Waals surface area contributed by atoms with E-state index in [1.165, 1.54) is 0 Å². The van der Waals surface area contributed by atoms with Crippen LogP contribution in [0.2, 0.25) is 0 Å². The summed E-state index contributed by atoms with van der Waals surface area (Å²) in [6.45, 7) is 11.9. The highest BCUT2D eigenvalue weighted by Crippen LogP contribution is 2.25. The molecule has 0 aliphatic carbocycles. The third kappa shape index (κ3) is 6.14. The lowest BCUT2D eigenvalue weighted by Crippen LogP contribution is -2.46. The monoisotopic (exact) mass is 391 g/mol. The lowest BCUT2D eigenvalue weighted by atomic mass is 10.0. The first-order valence-electron chi connectivity index (χ1n) is 9.30. The molecule has 1 aromatic carbocycles. The number of rotatable bonds is 6. The number of carbonyl (C=O) groups is 2. The van der Waals surface area contributed by atoms with Crippen LogP contribution in [0.25, 0.3) is 11.0 Å². The number of imidazole rings is 1. The summed E-state index contributed by atoms with van der Waals surface area (Å²) < 4.78 is 17.3. The van der Waals surface area contributed by atoms with Crippen LogP contribution in [0.4, 0.5) is 9.59 Å². The Morgan fingerprint density at radius 2 is 1.89 bits per heavy atom. The maximum absolute atomic E-state index is 12.0. The molecule has 0 fully saturated rings. The van der Waals surface area contributed by atoms with E-state index in [2.05, 4.69) is 10.3 Å². The molecule has 154 valence electrons. The summed E-state index contributed by atoms with van der Waals surface area (Å²) >= 11 is 0. The second-order valence-electron chi connectivity index (χ2n) is 8.11. The molecule has 0 unspecified atom stereocenters. The molecule has 2 aromatic rings. The Balaban J connectivity index is 2.06. The fourth-order valence-corrected chi connectivity index (χ4v) is 2.60. The van der Waals surface area contributed by atoms with E-state index in [0.29, 0.717) is 24.2 Å². The van der Waals surface area contributed by atoms with Gasteiger partial charge >= 0.3 is 12.2 Å². The minimum Gasteiger partial charge on any atom is -0.444 e. The van der Waals surface area contributed by atoms with E-state index in [4.69, 9.17) is 14.2 Å². The van der Waals surface area contributed by atoms with Gasteiger partial charge in [0.2, 0.25) is 0 Å². The molecule has 8 heteroatoms. The van der Waals surface area contributed by atoms with E-state index in [1.54, 1.807) is 25.4 Å². The summed E-state index contributed by atoms with van der Waals surface area (Å²) in [5.74, 6) is 0.348. The van der Waals surface area contributed by atoms with Crippen molar-refractivity contribution in [3.8, 4) is 5.75 Å². The number of ether oxygens (including phenoxy) is 3. The Morgan fingerprint density at radius 1 is 1.18 bits per heavy atom. The third-order valence-corrected chi connectivity index (χ3v) is 3.89. The van der Waals surface area contributed by atoms with E-state index >= 15 is 0 Å². The maximum Gasteiger partial charge on any atom is 0.513 e. The number of aryl methyl sites for hydroxylation is 1. The van der Waals surface area contributed by atoms with Crippen molar-refractivity contribution in [3.05, 3.63) is 24.5 Å². The summed E-state index contributed by atoms with van der Waals surface area (Å²) in [5, 5.41) is 2.89. The maximum atomic E-state index is 12.0. The fourth-order valence-electron chi connectivity index (χ4n) is 2.60. The van der Waals surface area contributed by atoms with Gasteiger partial charge in [-0.05, 0) is 60.1 Å². The first-order valence-corrected chi connectivity index (χ1v) is 9.30. The van der Waals surface area contributed by atoms with Gasteiger partial charge in [-0.15, -0.1) is 0 Å². The van der Waals surface area contributed by atoms with Crippen molar-refractivity contribution < 1.29 is 23.8 Å². The molecular weight excluding hydrogens is 362 g/mol. The zero-order chi connectivity index (χ0) is 20.9. The van der Waals surface area contributed by atoms with Gasteiger partial charge in [-0.25, -0.2) is 14.6 Å². The van der Waals surface area contributed by atoms with Gasteiger partial charge in [0, 0.05) is 12.1 Å². The first kappa shape index (κ1) is 21.5. The molecule has 0 aliphatic rings. The molecule has 1 aromatic heterocycles. The molecule has 1 amide bonds. The van der Waals surface area contributed by atoms with Gasteiger partial charge in [-0.2, -0.15) is 0 Å². The minimum absolute atomic E-state index is 0.239. The normalized spacial score (nSPS) is 11.9. The number of aromatic nitrogens is 2. The smallest absolute Gasteiger partial charge is 0.444 e. The molecule has 1 heterocycles. The Morgan fingerprint density at radius 3 is 2.54 bits per heavy atom. The molecule has 0 atom stereocenters. The second-order valence-corrected chi connectivity index (χ2v) is 8.11. The predicted molar refractivity (Wildman–Crippen MR) is 105 cm³/mol. The van der Waals surface area contributed by atoms with Crippen LogP contribution in [0, 0.1) is 0 Å². The number of nitrogens with one attached hydrogen (secondary N) is 1. The molecule has 0 aliphatic heterocycles. The SMILES string of the molecule is CCOC(=O)Oc1cccc2c1ncn2CCC(C)(C)NC(=O)OC(C)(C)C. The largest absolute Gasteiger partial charge is 0.513 e.